The number of carbonyl (C=O) groups is 1. The molecule has 2 bridgehead atoms. The highest BCUT2D eigenvalue weighted by Gasteiger charge is 2.43. The van der Waals surface area contributed by atoms with E-state index in [1.807, 2.05) is 4.90 Å². The number of thioether (sulfide) groups is 1. The monoisotopic (exact) mass is 444 g/mol. The Morgan fingerprint density at radius 2 is 2.07 bits per heavy atom. The third-order valence-electron chi connectivity index (χ3n) is 7.69. The Morgan fingerprint density at radius 1 is 1.23 bits per heavy atom. The van der Waals surface area contributed by atoms with Crippen molar-refractivity contribution in [2.24, 2.45) is 23.7 Å². The molecule has 0 radical (unpaired) electrons. The van der Waals surface area contributed by atoms with Crippen LogP contribution in [0.15, 0.2) is 22.7 Å². The number of nitrogens with zero attached hydrogens (tertiary/aromatic N) is 4. The van der Waals surface area contributed by atoms with E-state index in [1.54, 1.807) is 23.1 Å². The van der Waals surface area contributed by atoms with Crippen LogP contribution in [0.3, 0.4) is 0 Å². The van der Waals surface area contributed by atoms with Gasteiger partial charge >= 0.3 is 0 Å². The van der Waals surface area contributed by atoms with E-state index in [2.05, 4.69) is 46.1 Å². The van der Waals surface area contributed by atoms with Gasteiger partial charge in [0.25, 0.3) is 0 Å². The van der Waals surface area contributed by atoms with Crippen molar-refractivity contribution in [3.05, 3.63) is 17.5 Å². The van der Waals surface area contributed by atoms with E-state index in [4.69, 9.17) is 0 Å². The van der Waals surface area contributed by atoms with Crippen molar-refractivity contribution in [1.29, 1.82) is 0 Å². The van der Waals surface area contributed by atoms with Crippen molar-refractivity contribution in [2.75, 3.05) is 18.8 Å². The predicted octanol–water partition coefficient (Wildman–Crippen LogP) is 5.35. The number of likely N-dealkylation sites (tertiary alicyclic amines) is 1. The predicted molar refractivity (Wildman–Crippen MR) is 123 cm³/mol. The van der Waals surface area contributed by atoms with E-state index >= 15 is 0 Å². The van der Waals surface area contributed by atoms with E-state index in [0.29, 0.717) is 17.7 Å². The number of thiophene rings is 1. The fourth-order valence-electron chi connectivity index (χ4n) is 5.87. The minimum atomic E-state index is 0.242. The van der Waals surface area contributed by atoms with Gasteiger partial charge in [-0.2, -0.15) is 0 Å². The van der Waals surface area contributed by atoms with Gasteiger partial charge in [-0.3, -0.25) is 9.36 Å². The van der Waals surface area contributed by atoms with Crippen molar-refractivity contribution in [2.45, 2.75) is 63.6 Å². The SMILES string of the molecule is CC1CCN(C(=O)CSc2nnc(-c3cccs3)n2C(C)C2CC3CCC2C3)CC1. The quantitative estimate of drug-likeness (QED) is 0.563. The second kappa shape index (κ2) is 8.65. The summed E-state index contributed by atoms with van der Waals surface area (Å²) in [5.74, 6) is 4.88. The summed E-state index contributed by atoms with van der Waals surface area (Å²) in [7, 11) is 0. The standard InChI is InChI=1S/C23H32N4OS2/c1-15-7-9-26(10-8-15)21(28)14-30-23-25-24-22(20-4-3-11-29-20)27(23)16(2)19-13-17-5-6-18(19)12-17/h3-4,11,15-19H,5-10,12-14H2,1-2H3. The van der Waals surface area contributed by atoms with Crippen molar-refractivity contribution < 1.29 is 4.79 Å². The molecule has 2 aromatic heterocycles. The van der Waals surface area contributed by atoms with Crippen LogP contribution in [0, 0.1) is 23.7 Å². The lowest BCUT2D eigenvalue weighted by Crippen LogP contribution is -2.39. The first-order valence-electron chi connectivity index (χ1n) is 11.5. The molecule has 1 amide bonds. The van der Waals surface area contributed by atoms with E-state index in [9.17, 15) is 4.79 Å². The van der Waals surface area contributed by atoms with E-state index in [0.717, 1.165) is 54.7 Å². The molecule has 1 saturated heterocycles. The third-order valence-corrected chi connectivity index (χ3v) is 9.48. The summed E-state index contributed by atoms with van der Waals surface area (Å²) in [6.45, 7) is 6.43. The van der Waals surface area contributed by atoms with Crippen molar-refractivity contribution in [3.8, 4) is 10.7 Å². The first kappa shape index (κ1) is 20.6. The number of hydrogen-bond acceptors (Lipinski definition) is 5. The first-order valence-corrected chi connectivity index (χ1v) is 13.4. The summed E-state index contributed by atoms with van der Waals surface area (Å²) in [4.78, 5) is 16.0. The fraction of sp³-hybridized carbons (Fsp3) is 0.696. The molecule has 3 heterocycles. The molecule has 5 rings (SSSR count). The Balaban J connectivity index is 1.35. The number of aromatic nitrogens is 3. The second-order valence-electron chi connectivity index (χ2n) is 9.58. The van der Waals surface area contributed by atoms with E-state index in [1.165, 1.54) is 30.6 Å². The number of rotatable bonds is 6. The summed E-state index contributed by atoms with van der Waals surface area (Å²) in [6.07, 6.45) is 7.78. The number of hydrogen-bond donors (Lipinski definition) is 0. The smallest absolute Gasteiger partial charge is 0.233 e. The van der Waals surface area contributed by atoms with Gasteiger partial charge in [-0.1, -0.05) is 31.2 Å². The van der Waals surface area contributed by atoms with E-state index < -0.39 is 0 Å². The molecule has 1 aliphatic heterocycles. The lowest BCUT2D eigenvalue weighted by atomic mass is 9.84. The van der Waals surface area contributed by atoms with Gasteiger partial charge in [0.1, 0.15) is 0 Å². The maximum absolute atomic E-state index is 12.8. The Morgan fingerprint density at radius 3 is 2.73 bits per heavy atom. The Bertz CT molecular complexity index is 872. The lowest BCUT2D eigenvalue weighted by molar-refractivity contribution is -0.129. The number of fused-ring (bicyclic) bond motifs is 2. The summed E-state index contributed by atoms with van der Waals surface area (Å²) in [5, 5.41) is 12.2. The third kappa shape index (κ3) is 3.95. The molecule has 2 saturated carbocycles. The maximum atomic E-state index is 12.8. The Kier molecular flexibility index (Phi) is 5.93. The minimum absolute atomic E-state index is 0.242. The van der Waals surface area contributed by atoms with Crippen LogP contribution in [-0.4, -0.2) is 44.4 Å². The molecule has 0 N–H and O–H groups in total. The molecule has 3 aliphatic rings. The van der Waals surface area contributed by atoms with Crippen molar-refractivity contribution >= 4 is 29.0 Å². The highest BCUT2D eigenvalue weighted by Crippen LogP contribution is 2.53. The van der Waals surface area contributed by atoms with Gasteiger partial charge in [0, 0.05) is 19.1 Å². The average Bonchev–Trinajstić information content (AvgIpc) is 3.55. The zero-order valence-electron chi connectivity index (χ0n) is 18.0. The Labute approximate surface area is 187 Å². The summed E-state index contributed by atoms with van der Waals surface area (Å²) >= 11 is 3.30. The molecule has 7 heteroatoms. The molecule has 3 fully saturated rings. The molecule has 30 heavy (non-hydrogen) atoms. The molecule has 2 aromatic rings. The number of piperidine rings is 1. The molecule has 4 unspecified atom stereocenters. The first-order chi connectivity index (χ1) is 14.6. The zero-order chi connectivity index (χ0) is 20.7. The van der Waals surface area contributed by atoms with Gasteiger partial charge in [0.2, 0.25) is 5.91 Å². The molecule has 4 atom stereocenters. The van der Waals surface area contributed by atoms with Crippen molar-refractivity contribution in [1.82, 2.24) is 19.7 Å². The molecular formula is C23H32N4OS2. The lowest BCUT2D eigenvalue weighted by Gasteiger charge is -2.31. The fourth-order valence-corrected chi connectivity index (χ4v) is 7.50. The molecule has 5 nitrogen and oxygen atoms in total. The zero-order valence-corrected chi connectivity index (χ0v) is 19.6. The maximum Gasteiger partial charge on any atom is 0.233 e. The van der Waals surface area contributed by atoms with Crippen molar-refractivity contribution in [3.63, 3.8) is 0 Å². The minimum Gasteiger partial charge on any atom is -0.342 e. The second-order valence-corrected chi connectivity index (χ2v) is 11.5. The van der Waals surface area contributed by atoms with Crippen LogP contribution in [0.4, 0.5) is 0 Å². The number of amides is 1. The Hall–Kier alpha value is -1.34. The highest BCUT2D eigenvalue weighted by atomic mass is 32.2. The van der Waals surface area contributed by atoms with E-state index in [-0.39, 0.29) is 5.91 Å². The summed E-state index contributed by atoms with van der Waals surface area (Å²) < 4.78 is 2.35. The molecule has 162 valence electrons. The van der Waals surface area contributed by atoms with Crippen LogP contribution >= 0.6 is 23.1 Å². The van der Waals surface area contributed by atoms with Crippen LogP contribution < -0.4 is 0 Å². The van der Waals surface area contributed by atoms with Crippen LogP contribution in [0.2, 0.25) is 0 Å². The average molecular weight is 445 g/mol. The topological polar surface area (TPSA) is 51.0 Å². The molecule has 0 aromatic carbocycles. The molecule has 0 spiro atoms. The largest absolute Gasteiger partial charge is 0.342 e. The van der Waals surface area contributed by atoms with Crippen LogP contribution in [0.1, 0.15) is 58.4 Å². The highest BCUT2D eigenvalue weighted by molar-refractivity contribution is 7.99. The van der Waals surface area contributed by atoms with Crippen LogP contribution in [0.25, 0.3) is 10.7 Å². The van der Waals surface area contributed by atoms with Crippen LogP contribution in [0.5, 0.6) is 0 Å². The van der Waals surface area contributed by atoms with Gasteiger partial charge in [-0.25, -0.2) is 0 Å². The van der Waals surface area contributed by atoms with Gasteiger partial charge in [-0.15, -0.1) is 21.5 Å². The normalized spacial score (nSPS) is 27.7. The molecule has 2 aliphatic carbocycles. The summed E-state index contributed by atoms with van der Waals surface area (Å²) in [5.41, 5.74) is 0. The number of carbonyl (C=O) groups excluding carboxylic acids is 1. The van der Waals surface area contributed by atoms with Gasteiger partial charge in [0.05, 0.1) is 10.6 Å². The summed E-state index contributed by atoms with van der Waals surface area (Å²) in [6, 6.07) is 4.59. The van der Waals surface area contributed by atoms with Gasteiger partial charge in [0.15, 0.2) is 11.0 Å². The van der Waals surface area contributed by atoms with Gasteiger partial charge < -0.3 is 4.90 Å². The van der Waals surface area contributed by atoms with Gasteiger partial charge in [-0.05, 0) is 74.1 Å². The van der Waals surface area contributed by atoms with Crippen LogP contribution in [-0.2, 0) is 4.79 Å². The molecular weight excluding hydrogens is 412 g/mol.